The summed E-state index contributed by atoms with van der Waals surface area (Å²) in [7, 11) is 0. The second kappa shape index (κ2) is 9.31. The number of hydrogen-bond donors (Lipinski definition) is 0. The summed E-state index contributed by atoms with van der Waals surface area (Å²) in [5.74, 6) is 1.31. The number of amides is 1. The van der Waals surface area contributed by atoms with Gasteiger partial charge in [0.25, 0.3) is 5.91 Å². The second-order valence-corrected chi connectivity index (χ2v) is 11.4. The number of benzene rings is 4. The Balaban J connectivity index is 1.38. The third-order valence-electron chi connectivity index (χ3n) is 6.36. The van der Waals surface area contributed by atoms with Crippen molar-refractivity contribution in [3.8, 4) is 11.5 Å². The third-order valence-corrected chi connectivity index (χ3v) is 9.12. The minimum Gasteiger partial charge on any atom is -0.454 e. The second-order valence-electron chi connectivity index (χ2n) is 8.77. The molecular formula is C30H21N3O3S2. The molecule has 3 heterocycles. The molecule has 186 valence electrons. The molecule has 0 radical (unpaired) electrons. The van der Waals surface area contributed by atoms with Crippen molar-refractivity contribution in [2.24, 2.45) is 5.10 Å². The van der Waals surface area contributed by atoms with Gasteiger partial charge in [-0.15, -0.1) is 0 Å². The lowest BCUT2D eigenvalue weighted by Crippen LogP contribution is -2.51. The van der Waals surface area contributed by atoms with Crippen LogP contribution in [0.5, 0.6) is 11.5 Å². The van der Waals surface area contributed by atoms with E-state index < -0.39 is 4.33 Å². The predicted molar refractivity (Wildman–Crippen MR) is 154 cm³/mol. The Kier molecular flexibility index (Phi) is 5.64. The van der Waals surface area contributed by atoms with E-state index in [-0.39, 0.29) is 12.7 Å². The first kappa shape index (κ1) is 23.0. The number of para-hydroxylation sites is 2. The standard InChI is InChI=1S/C30H21N3O3S2/c34-29-27(19-21-16-17-25-26(18-21)36-20-35-25)37-30(32(29)23-12-6-2-7-13-23)33(24-14-8-3-9-15-24)31-28(38-30)22-10-4-1-5-11-22/h1-19H,20H2/b27-19+/t30-/m0/s1. The van der Waals surface area contributed by atoms with Crippen LogP contribution in [-0.4, -0.2) is 22.1 Å². The van der Waals surface area contributed by atoms with Gasteiger partial charge in [0.2, 0.25) is 11.1 Å². The highest BCUT2D eigenvalue weighted by atomic mass is 32.2. The number of anilines is 2. The van der Waals surface area contributed by atoms with E-state index in [4.69, 9.17) is 14.6 Å². The van der Waals surface area contributed by atoms with Crippen LogP contribution >= 0.6 is 23.5 Å². The lowest BCUT2D eigenvalue weighted by atomic mass is 10.2. The SMILES string of the molecule is O=C1/C(=C\c2ccc3c(c2)OCO3)S[C@]2(SC(c3ccccc3)=NN2c2ccccc2)N1c1ccccc1. The maximum Gasteiger partial charge on any atom is 0.268 e. The number of nitrogens with zero attached hydrogens (tertiary/aromatic N) is 3. The molecule has 0 bridgehead atoms. The van der Waals surface area contributed by atoms with Crippen LogP contribution in [0.25, 0.3) is 6.08 Å². The zero-order chi connectivity index (χ0) is 25.5. The Morgan fingerprint density at radius 2 is 1.42 bits per heavy atom. The van der Waals surface area contributed by atoms with Gasteiger partial charge >= 0.3 is 0 Å². The molecule has 0 aromatic heterocycles. The molecule has 0 saturated carbocycles. The van der Waals surface area contributed by atoms with Crippen LogP contribution in [0.3, 0.4) is 0 Å². The minimum atomic E-state index is -0.896. The molecule has 3 aliphatic heterocycles. The van der Waals surface area contributed by atoms with Crippen molar-refractivity contribution in [1.82, 2.24) is 0 Å². The molecule has 7 rings (SSSR count). The lowest BCUT2D eigenvalue weighted by molar-refractivity contribution is -0.114. The van der Waals surface area contributed by atoms with Gasteiger partial charge in [0.15, 0.2) is 11.5 Å². The number of fused-ring (bicyclic) bond motifs is 1. The van der Waals surface area contributed by atoms with E-state index in [2.05, 4.69) is 0 Å². The van der Waals surface area contributed by atoms with Gasteiger partial charge in [-0.2, -0.15) is 5.10 Å². The zero-order valence-electron chi connectivity index (χ0n) is 20.1. The lowest BCUT2D eigenvalue weighted by Gasteiger charge is -2.38. The summed E-state index contributed by atoms with van der Waals surface area (Å²) in [5.41, 5.74) is 3.58. The number of hydrazone groups is 1. The normalized spacial score (nSPS) is 21.0. The number of hydrogen-bond acceptors (Lipinski definition) is 7. The molecule has 8 heteroatoms. The van der Waals surface area contributed by atoms with Gasteiger partial charge in [0.1, 0.15) is 5.04 Å². The summed E-state index contributed by atoms with van der Waals surface area (Å²) in [6, 6.07) is 35.6. The highest BCUT2D eigenvalue weighted by molar-refractivity contribution is 8.28. The fraction of sp³-hybridized carbons (Fsp3) is 0.0667. The van der Waals surface area contributed by atoms with Crippen LogP contribution in [0.4, 0.5) is 11.4 Å². The molecular weight excluding hydrogens is 514 g/mol. The van der Waals surface area contributed by atoms with Crippen molar-refractivity contribution in [3.05, 3.63) is 125 Å². The molecule has 0 N–H and O–H groups in total. The van der Waals surface area contributed by atoms with E-state index in [0.29, 0.717) is 16.4 Å². The number of carbonyl (C=O) groups excluding carboxylic acids is 1. The van der Waals surface area contributed by atoms with Gasteiger partial charge in [-0.05, 0) is 59.8 Å². The third kappa shape index (κ3) is 3.84. The number of rotatable bonds is 4. The fourth-order valence-electron chi connectivity index (χ4n) is 4.61. The van der Waals surface area contributed by atoms with E-state index in [9.17, 15) is 4.79 Å². The first-order chi connectivity index (χ1) is 18.7. The molecule has 38 heavy (non-hydrogen) atoms. The highest BCUT2D eigenvalue weighted by Crippen LogP contribution is 2.59. The fourth-order valence-corrected chi connectivity index (χ4v) is 7.60. The van der Waals surface area contributed by atoms with Gasteiger partial charge < -0.3 is 9.47 Å². The van der Waals surface area contributed by atoms with Gasteiger partial charge in [-0.25, -0.2) is 5.01 Å². The van der Waals surface area contributed by atoms with Crippen LogP contribution in [0.15, 0.2) is 119 Å². The largest absolute Gasteiger partial charge is 0.454 e. The Hall–Kier alpha value is -4.14. The molecule has 1 fully saturated rings. The van der Waals surface area contributed by atoms with Crippen molar-refractivity contribution >= 4 is 51.9 Å². The highest BCUT2D eigenvalue weighted by Gasteiger charge is 2.59. The molecule has 1 atom stereocenters. The Labute approximate surface area is 228 Å². The molecule has 4 aromatic rings. The molecule has 0 aliphatic carbocycles. The monoisotopic (exact) mass is 535 g/mol. The van der Waals surface area contributed by atoms with Crippen LogP contribution in [0.1, 0.15) is 11.1 Å². The summed E-state index contributed by atoms with van der Waals surface area (Å²) in [6.07, 6.45) is 1.92. The molecule has 3 aliphatic rings. The molecule has 1 saturated heterocycles. The minimum absolute atomic E-state index is 0.0863. The van der Waals surface area contributed by atoms with Crippen molar-refractivity contribution in [2.75, 3.05) is 16.7 Å². The van der Waals surface area contributed by atoms with E-state index in [1.807, 2.05) is 125 Å². The van der Waals surface area contributed by atoms with Crippen molar-refractivity contribution < 1.29 is 14.3 Å². The topological polar surface area (TPSA) is 54.4 Å². The van der Waals surface area contributed by atoms with Crippen molar-refractivity contribution in [1.29, 1.82) is 0 Å². The average molecular weight is 536 g/mol. The predicted octanol–water partition coefficient (Wildman–Crippen LogP) is 6.76. The quantitative estimate of drug-likeness (QED) is 0.269. The summed E-state index contributed by atoms with van der Waals surface area (Å²) in [5, 5.41) is 7.91. The molecule has 1 amide bonds. The van der Waals surface area contributed by atoms with Crippen molar-refractivity contribution in [2.45, 2.75) is 4.33 Å². The van der Waals surface area contributed by atoms with Gasteiger partial charge in [0, 0.05) is 11.3 Å². The Bertz CT molecular complexity index is 1580. The molecule has 1 spiro atoms. The average Bonchev–Trinajstić information content (AvgIpc) is 3.66. The first-order valence-corrected chi connectivity index (χ1v) is 13.7. The molecule has 6 nitrogen and oxygen atoms in total. The van der Waals surface area contributed by atoms with Gasteiger partial charge in [-0.3, -0.25) is 9.69 Å². The first-order valence-electron chi connectivity index (χ1n) is 12.1. The van der Waals surface area contributed by atoms with Crippen LogP contribution in [-0.2, 0) is 4.79 Å². The van der Waals surface area contributed by atoms with E-state index in [0.717, 1.165) is 27.5 Å². The van der Waals surface area contributed by atoms with Crippen LogP contribution < -0.4 is 19.4 Å². The molecule has 0 unspecified atom stereocenters. The van der Waals surface area contributed by atoms with Gasteiger partial charge in [-0.1, -0.05) is 84.6 Å². The zero-order valence-corrected chi connectivity index (χ0v) is 21.7. The number of ether oxygens (including phenoxy) is 2. The van der Waals surface area contributed by atoms with E-state index in [1.165, 1.54) is 11.8 Å². The Morgan fingerprint density at radius 3 is 2.16 bits per heavy atom. The Morgan fingerprint density at radius 1 is 0.763 bits per heavy atom. The number of thioether (sulfide) groups is 2. The van der Waals surface area contributed by atoms with E-state index >= 15 is 0 Å². The maximum absolute atomic E-state index is 14.2. The summed E-state index contributed by atoms with van der Waals surface area (Å²) in [4.78, 5) is 16.7. The van der Waals surface area contributed by atoms with Crippen molar-refractivity contribution in [3.63, 3.8) is 0 Å². The molecule has 4 aromatic carbocycles. The smallest absolute Gasteiger partial charge is 0.268 e. The summed E-state index contributed by atoms with van der Waals surface area (Å²) >= 11 is 3.08. The maximum atomic E-state index is 14.2. The van der Waals surface area contributed by atoms with E-state index in [1.54, 1.807) is 11.8 Å². The number of carbonyl (C=O) groups is 1. The van der Waals surface area contributed by atoms with Crippen LogP contribution in [0.2, 0.25) is 0 Å². The summed E-state index contributed by atoms with van der Waals surface area (Å²) < 4.78 is 10.1. The summed E-state index contributed by atoms with van der Waals surface area (Å²) in [6.45, 7) is 0.205. The van der Waals surface area contributed by atoms with Crippen LogP contribution in [0, 0.1) is 0 Å². The van der Waals surface area contributed by atoms with Gasteiger partial charge in [0.05, 0.1) is 10.6 Å².